The Morgan fingerprint density at radius 2 is 2.11 bits per heavy atom. The van der Waals surface area contributed by atoms with E-state index in [9.17, 15) is 9.59 Å². The Morgan fingerprint density at radius 1 is 1.37 bits per heavy atom. The van der Waals surface area contributed by atoms with Crippen LogP contribution in [0.25, 0.3) is 0 Å². The van der Waals surface area contributed by atoms with Crippen LogP contribution in [0.5, 0.6) is 11.5 Å². The first-order valence-electron chi connectivity index (χ1n) is 5.89. The molecule has 6 nitrogen and oxygen atoms in total. The number of hydrogen-bond donors (Lipinski definition) is 2. The Labute approximate surface area is 111 Å². The van der Waals surface area contributed by atoms with E-state index in [1.54, 1.807) is 6.07 Å². The first-order valence-corrected chi connectivity index (χ1v) is 5.89. The number of rotatable bonds is 7. The van der Waals surface area contributed by atoms with Crippen LogP contribution in [0.3, 0.4) is 0 Å². The molecule has 0 aliphatic rings. The quantitative estimate of drug-likeness (QED) is 0.777. The van der Waals surface area contributed by atoms with Gasteiger partial charge in [-0.2, -0.15) is 0 Å². The van der Waals surface area contributed by atoms with Gasteiger partial charge in [-0.15, -0.1) is 0 Å². The van der Waals surface area contributed by atoms with Gasteiger partial charge in [0, 0.05) is 12.6 Å². The topological polar surface area (TPSA) is 84.9 Å². The molecule has 0 aromatic heterocycles. The SMILES string of the molecule is CCNC(=O)CCOc1cc(OC)ccc1C(=O)O. The predicted molar refractivity (Wildman–Crippen MR) is 68.7 cm³/mol. The van der Waals surface area contributed by atoms with Crippen molar-refractivity contribution in [3.8, 4) is 11.5 Å². The number of amides is 1. The maximum Gasteiger partial charge on any atom is 0.339 e. The number of carbonyl (C=O) groups excluding carboxylic acids is 1. The van der Waals surface area contributed by atoms with Gasteiger partial charge in [-0.25, -0.2) is 4.79 Å². The molecule has 0 saturated carbocycles. The van der Waals surface area contributed by atoms with Gasteiger partial charge in [-0.05, 0) is 19.1 Å². The number of carboxylic acids is 1. The number of aromatic carboxylic acids is 1. The summed E-state index contributed by atoms with van der Waals surface area (Å²) >= 11 is 0. The van der Waals surface area contributed by atoms with Gasteiger partial charge >= 0.3 is 5.97 Å². The molecule has 1 aromatic carbocycles. The molecule has 2 N–H and O–H groups in total. The molecule has 0 spiro atoms. The van der Waals surface area contributed by atoms with Crippen molar-refractivity contribution in [3.63, 3.8) is 0 Å². The third kappa shape index (κ3) is 4.50. The van der Waals surface area contributed by atoms with Gasteiger partial charge in [0.25, 0.3) is 0 Å². The van der Waals surface area contributed by atoms with Gasteiger partial charge in [0.15, 0.2) is 0 Å². The highest BCUT2D eigenvalue weighted by atomic mass is 16.5. The van der Waals surface area contributed by atoms with Crippen molar-refractivity contribution in [2.75, 3.05) is 20.3 Å². The molecule has 104 valence electrons. The number of nitrogens with one attached hydrogen (secondary N) is 1. The zero-order chi connectivity index (χ0) is 14.3. The molecule has 19 heavy (non-hydrogen) atoms. The minimum Gasteiger partial charge on any atom is -0.497 e. The van der Waals surface area contributed by atoms with Crippen LogP contribution in [0.2, 0.25) is 0 Å². The first kappa shape index (κ1) is 14.8. The third-order valence-corrected chi connectivity index (χ3v) is 2.38. The maximum absolute atomic E-state index is 11.2. The monoisotopic (exact) mass is 267 g/mol. The number of benzene rings is 1. The van der Waals surface area contributed by atoms with Gasteiger partial charge in [0.05, 0.1) is 20.1 Å². The number of methoxy groups -OCH3 is 1. The molecule has 0 heterocycles. The van der Waals surface area contributed by atoms with Crippen molar-refractivity contribution in [2.45, 2.75) is 13.3 Å². The zero-order valence-corrected chi connectivity index (χ0v) is 10.9. The summed E-state index contributed by atoms with van der Waals surface area (Å²) in [5, 5.41) is 11.7. The second-order valence-corrected chi connectivity index (χ2v) is 3.72. The molecule has 0 atom stereocenters. The standard InChI is InChI=1S/C13H17NO5/c1-3-14-12(15)6-7-19-11-8-9(18-2)4-5-10(11)13(16)17/h4-5,8H,3,6-7H2,1-2H3,(H,14,15)(H,16,17). The summed E-state index contributed by atoms with van der Waals surface area (Å²) in [6, 6.07) is 4.43. The lowest BCUT2D eigenvalue weighted by Crippen LogP contribution is -2.24. The Bertz CT molecular complexity index is 458. The molecule has 1 rings (SSSR count). The smallest absolute Gasteiger partial charge is 0.339 e. The number of carboxylic acid groups (broad SMARTS) is 1. The normalized spacial score (nSPS) is 9.79. The summed E-state index contributed by atoms with van der Waals surface area (Å²) in [4.78, 5) is 22.3. The molecule has 0 aliphatic heterocycles. The maximum atomic E-state index is 11.2. The molecule has 1 aromatic rings. The average molecular weight is 267 g/mol. The van der Waals surface area contributed by atoms with Gasteiger partial charge in [-0.1, -0.05) is 0 Å². The van der Waals surface area contributed by atoms with E-state index in [2.05, 4.69) is 5.32 Å². The van der Waals surface area contributed by atoms with Crippen LogP contribution < -0.4 is 14.8 Å². The lowest BCUT2D eigenvalue weighted by Gasteiger charge is -2.10. The van der Waals surface area contributed by atoms with E-state index in [0.29, 0.717) is 12.3 Å². The molecule has 0 bridgehead atoms. The summed E-state index contributed by atoms with van der Waals surface area (Å²) in [7, 11) is 1.48. The molecule has 0 saturated heterocycles. The van der Waals surface area contributed by atoms with Crippen LogP contribution in [0, 0.1) is 0 Å². The summed E-state index contributed by atoms with van der Waals surface area (Å²) in [5.74, 6) is -0.535. The first-order chi connectivity index (χ1) is 9.08. The summed E-state index contributed by atoms with van der Waals surface area (Å²) < 4.78 is 10.3. The second kappa shape index (κ2) is 7.25. The minimum absolute atomic E-state index is 0.0386. The van der Waals surface area contributed by atoms with Crippen LogP contribution >= 0.6 is 0 Å². The fourth-order valence-corrected chi connectivity index (χ4v) is 1.46. The summed E-state index contributed by atoms with van der Waals surface area (Å²) in [5.41, 5.74) is 0.0386. The molecule has 1 amide bonds. The van der Waals surface area contributed by atoms with Gasteiger partial charge in [0.2, 0.25) is 5.91 Å². The molecule has 0 radical (unpaired) electrons. The molecular weight excluding hydrogens is 250 g/mol. The highest BCUT2D eigenvalue weighted by Crippen LogP contribution is 2.24. The third-order valence-electron chi connectivity index (χ3n) is 2.38. The van der Waals surface area contributed by atoms with Crippen molar-refractivity contribution in [3.05, 3.63) is 23.8 Å². The van der Waals surface area contributed by atoms with E-state index in [1.807, 2.05) is 6.92 Å². The number of hydrogen-bond acceptors (Lipinski definition) is 4. The lowest BCUT2D eigenvalue weighted by atomic mass is 10.2. The zero-order valence-electron chi connectivity index (χ0n) is 10.9. The second-order valence-electron chi connectivity index (χ2n) is 3.72. The van der Waals surface area contributed by atoms with E-state index in [-0.39, 0.29) is 30.2 Å². The number of ether oxygens (including phenoxy) is 2. The largest absolute Gasteiger partial charge is 0.497 e. The predicted octanol–water partition coefficient (Wildman–Crippen LogP) is 1.30. The Kier molecular flexibility index (Phi) is 5.66. The highest BCUT2D eigenvalue weighted by molar-refractivity contribution is 5.91. The van der Waals surface area contributed by atoms with Crippen molar-refractivity contribution in [1.29, 1.82) is 0 Å². The van der Waals surface area contributed by atoms with E-state index in [1.165, 1.54) is 19.2 Å². The fourth-order valence-electron chi connectivity index (χ4n) is 1.46. The molecule has 0 unspecified atom stereocenters. The van der Waals surface area contributed by atoms with E-state index in [0.717, 1.165) is 0 Å². The van der Waals surface area contributed by atoms with Crippen LogP contribution in [-0.2, 0) is 4.79 Å². The number of carbonyl (C=O) groups is 2. The Balaban J connectivity index is 2.69. The summed E-state index contributed by atoms with van der Waals surface area (Å²) in [6.45, 7) is 2.49. The lowest BCUT2D eigenvalue weighted by molar-refractivity contribution is -0.121. The van der Waals surface area contributed by atoms with Crippen LogP contribution in [0.15, 0.2) is 18.2 Å². The summed E-state index contributed by atoms with van der Waals surface area (Å²) in [6.07, 6.45) is 0.171. The van der Waals surface area contributed by atoms with Crippen LogP contribution in [0.4, 0.5) is 0 Å². The molecule has 6 heteroatoms. The van der Waals surface area contributed by atoms with E-state index >= 15 is 0 Å². The fraction of sp³-hybridized carbons (Fsp3) is 0.385. The van der Waals surface area contributed by atoms with E-state index < -0.39 is 5.97 Å². The van der Waals surface area contributed by atoms with Gasteiger partial charge < -0.3 is 19.9 Å². The van der Waals surface area contributed by atoms with Gasteiger partial charge in [-0.3, -0.25) is 4.79 Å². The van der Waals surface area contributed by atoms with Crippen molar-refractivity contribution in [1.82, 2.24) is 5.32 Å². The van der Waals surface area contributed by atoms with Crippen LogP contribution in [-0.4, -0.2) is 37.2 Å². The highest BCUT2D eigenvalue weighted by Gasteiger charge is 2.13. The Hall–Kier alpha value is -2.24. The molecule has 0 aliphatic carbocycles. The minimum atomic E-state index is -1.09. The van der Waals surface area contributed by atoms with Crippen LogP contribution in [0.1, 0.15) is 23.7 Å². The van der Waals surface area contributed by atoms with Crippen molar-refractivity contribution in [2.24, 2.45) is 0 Å². The van der Waals surface area contributed by atoms with E-state index in [4.69, 9.17) is 14.6 Å². The molecule has 0 fully saturated rings. The Morgan fingerprint density at radius 3 is 2.68 bits per heavy atom. The molecular formula is C13H17NO5. The van der Waals surface area contributed by atoms with Crippen molar-refractivity contribution < 1.29 is 24.2 Å². The van der Waals surface area contributed by atoms with Crippen molar-refractivity contribution >= 4 is 11.9 Å². The van der Waals surface area contributed by atoms with Gasteiger partial charge in [0.1, 0.15) is 17.1 Å². The average Bonchev–Trinajstić information content (AvgIpc) is 2.38.